The van der Waals surface area contributed by atoms with Crippen LogP contribution >= 0.6 is 0 Å². The van der Waals surface area contributed by atoms with Crippen LogP contribution in [0.15, 0.2) is 36.4 Å². The number of nitro benzene ring substituents is 1. The molecule has 0 saturated heterocycles. The van der Waals surface area contributed by atoms with Crippen LogP contribution in [-0.2, 0) is 19.0 Å². The van der Waals surface area contributed by atoms with Crippen LogP contribution in [0.4, 0.5) is 5.69 Å². The van der Waals surface area contributed by atoms with Crippen molar-refractivity contribution in [2.24, 2.45) is 0 Å². The summed E-state index contributed by atoms with van der Waals surface area (Å²) in [4.78, 5) is 33.7. The van der Waals surface area contributed by atoms with Gasteiger partial charge in [0, 0.05) is 12.1 Å². The monoisotopic (exact) mass is 335 g/mol. The molecule has 8 heteroatoms. The van der Waals surface area contributed by atoms with Gasteiger partial charge >= 0.3 is 5.97 Å². The van der Waals surface area contributed by atoms with Crippen LogP contribution in [0.5, 0.6) is 0 Å². The Morgan fingerprint density at radius 1 is 1.33 bits per heavy atom. The fraction of sp³-hybridized carbons (Fsp3) is 0.375. The van der Waals surface area contributed by atoms with E-state index in [1.165, 1.54) is 36.4 Å². The second kappa shape index (κ2) is 7.80. The largest absolute Gasteiger partial charge is 0.459 e. The standard InChI is InChI=1S/C16H17NO7/c1-10(2)23-15-8-7-13(18)14(24-15)9-22-16(19)11-3-5-12(6-4-11)17(20)21/h3-8,10,14-15H,9H2,1-2H3/t14-,15+/m1/s1. The molecular weight excluding hydrogens is 318 g/mol. The molecule has 0 spiro atoms. The van der Waals surface area contributed by atoms with Crippen molar-refractivity contribution in [3.63, 3.8) is 0 Å². The molecule has 0 saturated carbocycles. The average Bonchev–Trinajstić information content (AvgIpc) is 2.54. The Morgan fingerprint density at radius 2 is 2.00 bits per heavy atom. The molecule has 1 aliphatic rings. The minimum absolute atomic E-state index is 0.0869. The summed E-state index contributed by atoms with van der Waals surface area (Å²) in [6, 6.07) is 4.98. The third-order valence-electron chi connectivity index (χ3n) is 3.12. The number of nitro groups is 1. The fourth-order valence-corrected chi connectivity index (χ4v) is 1.98. The third kappa shape index (κ3) is 4.71. The molecule has 0 N–H and O–H groups in total. The van der Waals surface area contributed by atoms with Gasteiger partial charge in [-0.1, -0.05) is 0 Å². The molecule has 1 heterocycles. The van der Waals surface area contributed by atoms with Crippen molar-refractivity contribution in [2.75, 3.05) is 6.61 Å². The van der Waals surface area contributed by atoms with Crippen LogP contribution in [0.25, 0.3) is 0 Å². The summed E-state index contributed by atoms with van der Waals surface area (Å²) in [5.41, 5.74) is 0.0190. The molecule has 0 bridgehead atoms. The summed E-state index contributed by atoms with van der Waals surface area (Å²) in [7, 11) is 0. The first kappa shape index (κ1) is 17.8. The van der Waals surface area contributed by atoms with Gasteiger partial charge in [-0.3, -0.25) is 14.9 Å². The maximum Gasteiger partial charge on any atom is 0.338 e. The summed E-state index contributed by atoms with van der Waals surface area (Å²) in [5.74, 6) is -1.02. The van der Waals surface area contributed by atoms with Crippen LogP contribution in [0, 0.1) is 10.1 Å². The summed E-state index contributed by atoms with van der Waals surface area (Å²) < 4.78 is 15.9. The zero-order chi connectivity index (χ0) is 17.7. The molecule has 0 radical (unpaired) electrons. The van der Waals surface area contributed by atoms with Crippen LogP contribution < -0.4 is 0 Å². The fourth-order valence-electron chi connectivity index (χ4n) is 1.98. The van der Waals surface area contributed by atoms with Gasteiger partial charge in [0.1, 0.15) is 6.61 Å². The Balaban J connectivity index is 1.92. The van der Waals surface area contributed by atoms with Crippen LogP contribution in [0.3, 0.4) is 0 Å². The lowest BCUT2D eigenvalue weighted by molar-refractivity contribution is -0.384. The zero-order valence-corrected chi connectivity index (χ0v) is 13.2. The lowest BCUT2D eigenvalue weighted by Gasteiger charge is -2.25. The van der Waals surface area contributed by atoms with Gasteiger partial charge in [-0.2, -0.15) is 0 Å². The number of carbonyl (C=O) groups excluding carboxylic acids is 2. The molecule has 0 aromatic heterocycles. The predicted octanol–water partition coefficient (Wildman–Crippen LogP) is 2.03. The van der Waals surface area contributed by atoms with E-state index in [1.54, 1.807) is 0 Å². The van der Waals surface area contributed by atoms with Gasteiger partial charge in [0.15, 0.2) is 18.2 Å². The van der Waals surface area contributed by atoms with Crippen molar-refractivity contribution in [1.82, 2.24) is 0 Å². The molecular formula is C16H17NO7. The Kier molecular flexibility index (Phi) is 5.78. The van der Waals surface area contributed by atoms with Crippen molar-refractivity contribution in [3.8, 4) is 0 Å². The van der Waals surface area contributed by atoms with Crippen molar-refractivity contribution in [1.29, 1.82) is 0 Å². The second-order valence-electron chi connectivity index (χ2n) is 5.34. The number of hydrogen-bond donors (Lipinski definition) is 0. The third-order valence-corrected chi connectivity index (χ3v) is 3.12. The number of carbonyl (C=O) groups is 2. The number of rotatable bonds is 6. The van der Waals surface area contributed by atoms with Gasteiger partial charge < -0.3 is 14.2 Å². The first-order valence-corrected chi connectivity index (χ1v) is 7.31. The van der Waals surface area contributed by atoms with Gasteiger partial charge in [0.05, 0.1) is 16.6 Å². The van der Waals surface area contributed by atoms with E-state index in [2.05, 4.69) is 0 Å². The number of ketones is 1. The number of benzene rings is 1. The molecule has 1 aliphatic heterocycles. The number of nitrogens with zero attached hydrogens (tertiary/aromatic N) is 1. The SMILES string of the molecule is CC(C)O[C@@H]1C=CC(=O)[C@@H](COC(=O)c2ccc([N+](=O)[O-])cc2)O1. The predicted molar refractivity (Wildman–Crippen MR) is 82.4 cm³/mol. The smallest absolute Gasteiger partial charge is 0.338 e. The average molecular weight is 335 g/mol. The lowest BCUT2D eigenvalue weighted by atomic mass is 10.2. The van der Waals surface area contributed by atoms with E-state index in [0.717, 1.165) is 0 Å². The Morgan fingerprint density at radius 3 is 2.58 bits per heavy atom. The summed E-state index contributed by atoms with van der Waals surface area (Å²) >= 11 is 0. The van der Waals surface area contributed by atoms with Crippen LogP contribution in [0.2, 0.25) is 0 Å². The van der Waals surface area contributed by atoms with Crippen molar-refractivity contribution < 1.29 is 28.7 Å². The molecule has 0 unspecified atom stereocenters. The van der Waals surface area contributed by atoms with E-state index in [-0.39, 0.29) is 29.7 Å². The minimum Gasteiger partial charge on any atom is -0.459 e. The van der Waals surface area contributed by atoms with E-state index in [4.69, 9.17) is 14.2 Å². The lowest BCUT2D eigenvalue weighted by Crippen LogP contribution is -2.38. The van der Waals surface area contributed by atoms with Crippen molar-refractivity contribution in [2.45, 2.75) is 32.3 Å². The maximum absolute atomic E-state index is 11.9. The Hall–Kier alpha value is -2.58. The van der Waals surface area contributed by atoms with Crippen molar-refractivity contribution >= 4 is 17.4 Å². The normalized spacial score (nSPS) is 20.2. The van der Waals surface area contributed by atoms with E-state index < -0.39 is 23.3 Å². The molecule has 24 heavy (non-hydrogen) atoms. The molecule has 0 amide bonds. The maximum atomic E-state index is 11.9. The van der Waals surface area contributed by atoms with E-state index in [9.17, 15) is 19.7 Å². The van der Waals surface area contributed by atoms with Gasteiger partial charge in [-0.05, 0) is 38.1 Å². The highest BCUT2D eigenvalue weighted by Gasteiger charge is 2.27. The van der Waals surface area contributed by atoms with Crippen LogP contribution in [0.1, 0.15) is 24.2 Å². The van der Waals surface area contributed by atoms with E-state index in [0.29, 0.717) is 0 Å². The molecule has 0 aliphatic carbocycles. The van der Waals surface area contributed by atoms with Crippen LogP contribution in [-0.4, -0.2) is 41.8 Å². The first-order chi connectivity index (χ1) is 11.4. The highest BCUT2D eigenvalue weighted by atomic mass is 16.7. The Labute approximate surface area is 138 Å². The summed E-state index contributed by atoms with van der Waals surface area (Å²) in [5, 5.41) is 10.6. The molecule has 8 nitrogen and oxygen atoms in total. The molecule has 1 aromatic rings. The van der Waals surface area contributed by atoms with Gasteiger partial charge in [0.2, 0.25) is 0 Å². The zero-order valence-electron chi connectivity index (χ0n) is 13.2. The summed E-state index contributed by atoms with van der Waals surface area (Å²) in [6.07, 6.45) is 1.13. The molecule has 128 valence electrons. The first-order valence-electron chi connectivity index (χ1n) is 7.31. The topological polar surface area (TPSA) is 105 Å². The van der Waals surface area contributed by atoms with E-state index in [1.807, 2.05) is 13.8 Å². The number of esters is 1. The quantitative estimate of drug-likeness (QED) is 0.445. The highest BCUT2D eigenvalue weighted by Crippen LogP contribution is 2.15. The molecule has 2 rings (SSSR count). The number of ether oxygens (including phenoxy) is 3. The minimum atomic E-state index is -0.944. The van der Waals surface area contributed by atoms with Gasteiger partial charge in [0.25, 0.3) is 5.69 Å². The number of hydrogen-bond acceptors (Lipinski definition) is 7. The molecule has 1 aromatic carbocycles. The molecule has 2 atom stereocenters. The second-order valence-corrected chi connectivity index (χ2v) is 5.34. The van der Waals surface area contributed by atoms with Gasteiger partial charge in [-0.25, -0.2) is 4.79 Å². The van der Waals surface area contributed by atoms with E-state index >= 15 is 0 Å². The van der Waals surface area contributed by atoms with Crippen molar-refractivity contribution in [3.05, 3.63) is 52.1 Å². The summed E-state index contributed by atoms with van der Waals surface area (Å²) in [6.45, 7) is 3.39. The van der Waals surface area contributed by atoms with Gasteiger partial charge in [-0.15, -0.1) is 0 Å². The number of non-ortho nitro benzene ring substituents is 1. The highest BCUT2D eigenvalue weighted by molar-refractivity contribution is 5.95. The molecule has 0 fully saturated rings. The Bertz CT molecular complexity index is 651.